The number of benzene rings is 2. The number of fused-ring (bicyclic) bond motifs is 2. The molecule has 2 aromatic carbocycles. The Labute approximate surface area is 156 Å². The Bertz CT molecular complexity index is 1070. The van der Waals surface area contributed by atoms with Gasteiger partial charge in [0.25, 0.3) is 5.91 Å². The van der Waals surface area contributed by atoms with E-state index in [2.05, 4.69) is 10.6 Å². The van der Waals surface area contributed by atoms with Gasteiger partial charge < -0.3 is 19.8 Å². The lowest BCUT2D eigenvalue weighted by atomic mass is 10.0. The van der Waals surface area contributed by atoms with Crippen molar-refractivity contribution in [3.05, 3.63) is 53.3 Å². The first-order valence-corrected chi connectivity index (χ1v) is 8.79. The zero-order valence-corrected chi connectivity index (χ0v) is 15.4. The van der Waals surface area contributed by atoms with Gasteiger partial charge in [-0.05, 0) is 62.2 Å². The fourth-order valence-electron chi connectivity index (χ4n) is 3.14. The third-order valence-electron chi connectivity index (χ3n) is 4.82. The van der Waals surface area contributed by atoms with Gasteiger partial charge >= 0.3 is 0 Å². The maximum absolute atomic E-state index is 12.5. The highest BCUT2D eigenvalue weighted by Crippen LogP contribution is 2.32. The second-order valence-corrected chi connectivity index (χ2v) is 6.88. The van der Waals surface area contributed by atoms with E-state index in [1.807, 2.05) is 26.0 Å². The molecule has 1 unspecified atom stereocenters. The first-order chi connectivity index (χ1) is 12.9. The summed E-state index contributed by atoms with van der Waals surface area (Å²) in [5.41, 5.74) is 5.08. The molecule has 0 fully saturated rings. The number of nitrogens with one attached hydrogen (secondary N) is 2. The third kappa shape index (κ3) is 3.26. The van der Waals surface area contributed by atoms with Crippen molar-refractivity contribution in [3.63, 3.8) is 0 Å². The molecule has 0 bridgehead atoms. The summed E-state index contributed by atoms with van der Waals surface area (Å²) in [6.07, 6.45) is 1.30. The van der Waals surface area contributed by atoms with Gasteiger partial charge in [-0.1, -0.05) is 0 Å². The molecule has 1 aromatic heterocycles. The Morgan fingerprint density at radius 2 is 1.96 bits per heavy atom. The minimum Gasteiger partial charge on any atom is -0.479 e. The standard InChI is InChI=1S/C21H20N2O4/c1-11-6-16-14(10-26-19(16)7-12(11)2)8-20(24)22-15-4-5-18-17(9-15)23-21(25)13(3)27-18/h4-7,9-10,13H,8H2,1-3H3,(H,22,24)(H,23,25). The molecule has 1 atom stereocenters. The number of amides is 2. The zero-order valence-electron chi connectivity index (χ0n) is 15.4. The van der Waals surface area contributed by atoms with Gasteiger partial charge in [0.1, 0.15) is 11.3 Å². The van der Waals surface area contributed by atoms with Gasteiger partial charge in [-0.25, -0.2) is 0 Å². The van der Waals surface area contributed by atoms with Crippen molar-refractivity contribution in [2.45, 2.75) is 33.3 Å². The van der Waals surface area contributed by atoms with E-state index in [-0.39, 0.29) is 18.2 Å². The van der Waals surface area contributed by atoms with Gasteiger partial charge in [-0.3, -0.25) is 9.59 Å². The van der Waals surface area contributed by atoms with Crippen LogP contribution in [0.15, 0.2) is 41.0 Å². The minimum absolute atomic E-state index is 0.160. The molecule has 0 aliphatic carbocycles. The Kier molecular flexibility index (Phi) is 4.11. The van der Waals surface area contributed by atoms with Gasteiger partial charge in [0.2, 0.25) is 5.91 Å². The van der Waals surface area contributed by atoms with Crippen LogP contribution in [-0.4, -0.2) is 17.9 Å². The van der Waals surface area contributed by atoms with E-state index in [0.29, 0.717) is 17.1 Å². The van der Waals surface area contributed by atoms with Gasteiger partial charge in [0, 0.05) is 16.6 Å². The smallest absolute Gasteiger partial charge is 0.265 e. The number of hydrogen-bond acceptors (Lipinski definition) is 4. The van der Waals surface area contributed by atoms with Crippen LogP contribution < -0.4 is 15.4 Å². The molecule has 0 radical (unpaired) electrons. The molecule has 1 aliphatic heterocycles. The van der Waals surface area contributed by atoms with Crippen molar-refractivity contribution in [3.8, 4) is 5.75 Å². The van der Waals surface area contributed by atoms with Crippen LogP contribution in [0.25, 0.3) is 11.0 Å². The van der Waals surface area contributed by atoms with E-state index in [1.54, 1.807) is 31.4 Å². The Balaban J connectivity index is 1.51. The monoisotopic (exact) mass is 364 g/mol. The van der Waals surface area contributed by atoms with Crippen LogP contribution >= 0.6 is 0 Å². The average molecular weight is 364 g/mol. The molecule has 6 nitrogen and oxygen atoms in total. The first-order valence-electron chi connectivity index (χ1n) is 8.79. The van der Waals surface area contributed by atoms with E-state index in [0.717, 1.165) is 27.7 Å². The first kappa shape index (κ1) is 17.1. The van der Waals surface area contributed by atoms with Crippen LogP contribution in [0.1, 0.15) is 23.6 Å². The van der Waals surface area contributed by atoms with Crippen LogP contribution in [-0.2, 0) is 16.0 Å². The SMILES string of the molecule is Cc1cc2occ(CC(=O)Nc3ccc4c(c3)NC(=O)C(C)O4)c2cc1C. The van der Waals surface area contributed by atoms with Crippen LogP contribution in [0.3, 0.4) is 0 Å². The highest BCUT2D eigenvalue weighted by Gasteiger charge is 2.23. The predicted octanol–water partition coefficient (Wildman–Crippen LogP) is 3.95. The van der Waals surface area contributed by atoms with Gasteiger partial charge in [0.15, 0.2) is 6.10 Å². The van der Waals surface area contributed by atoms with E-state index >= 15 is 0 Å². The maximum Gasteiger partial charge on any atom is 0.265 e. The van der Waals surface area contributed by atoms with Crippen molar-refractivity contribution >= 4 is 34.2 Å². The van der Waals surface area contributed by atoms with E-state index in [1.165, 1.54) is 0 Å². The van der Waals surface area contributed by atoms with E-state index in [4.69, 9.17) is 9.15 Å². The summed E-state index contributed by atoms with van der Waals surface area (Å²) in [7, 11) is 0. The topological polar surface area (TPSA) is 80.6 Å². The van der Waals surface area contributed by atoms with Crippen molar-refractivity contribution in [1.29, 1.82) is 0 Å². The van der Waals surface area contributed by atoms with Crippen molar-refractivity contribution < 1.29 is 18.7 Å². The predicted molar refractivity (Wildman–Crippen MR) is 103 cm³/mol. The van der Waals surface area contributed by atoms with Crippen LogP contribution in [0.5, 0.6) is 5.75 Å². The molecule has 2 N–H and O–H groups in total. The number of hydrogen-bond donors (Lipinski definition) is 2. The molecule has 0 spiro atoms. The molecular formula is C21H20N2O4. The molecule has 2 amide bonds. The summed E-state index contributed by atoms with van der Waals surface area (Å²) in [4.78, 5) is 24.2. The quantitative estimate of drug-likeness (QED) is 0.737. The lowest BCUT2D eigenvalue weighted by Crippen LogP contribution is -2.34. The van der Waals surface area contributed by atoms with Gasteiger partial charge in [-0.15, -0.1) is 0 Å². The largest absolute Gasteiger partial charge is 0.479 e. The molecule has 0 saturated carbocycles. The molecule has 0 saturated heterocycles. The molecule has 3 aromatic rings. The summed E-state index contributed by atoms with van der Waals surface area (Å²) < 4.78 is 11.1. The molecule has 138 valence electrons. The summed E-state index contributed by atoms with van der Waals surface area (Å²) in [6.45, 7) is 5.76. The number of rotatable bonds is 3. The number of furan rings is 1. The fraction of sp³-hybridized carbons (Fsp3) is 0.238. The van der Waals surface area contributed by atoms with Crippen molar-refractivity contribution in [2.75, 3.05) is 10.6 Å². The molecule has 6 heteroatoms. The zero-order chi connectivity index (χ0) is 19.1. The highest BCUT2D eigenvalue weighted by atomic mass is 16.5. The summed E-state index contributed by atoms with van der Waals surface area (Å²) in [5.74, 6) is 0.223. The molecule has 2 heterocycles. The average Bonchev–Trinajstić information content (AvgIpc) is 2.98. The Hall–Kier alpha value is -3.28. The summed E-state index contributed by atoms with van der Waals surface area (Å²) in [6, 6.07) is 9.21. The lowest BCUT2D eigenvalue weighted by molar-refractivity contribution is -0.122. The van der Waals surface area contributed by atoms with E-state index < -0.39 is 6.10 Å². The number of aryl methyl sites for hydroxylation is 2. The molecule has 27 heavy (non-hydrogen) atoms. The molecular weight excluding hydrogens is 344 g/mol. The third-order valence-corrected chi connectivity index (χ3v) is 4.82. The van der Waals surface area contributed by atoms with Crippen molar-refractivity contribution in [2.24, 2.45) is 0 Å². The number of carbonyl (C=O) groups is 2. The Morgan fingerprint density at radius 3 is 2.78 bits per heavy atom. The second kappa shape index (κ2) is 6.46. The summed E-state index contributed by atoms with van der Waals surface area (Å²) >= 11 is 0. The highest BCUT2D eigenvalue weighted by molar-refractivity contribution is 6.00. The molecule has 1 aliphatic rings. The van der Waals surface area contributed by atoms with Gasteiger partial charge in [-0.2, -0.15) is 0 Å². The fourth-order valence-corrected chi connectivity index (χ4v) is 3.14. The lowest BCUT2D eigenvalue weighted by Gasteiger charge is -2.23. The normalized spacial score (nSPS) is 15.8. The van der Waals surface area contributed by atoms with Crippen LogP contribution in [0.2, 0.25) is 0 Å². The summed E-state index contributed by atoms with van der Waals surface area (Å²) in [5, 5.41) is 6.59. The number of anilines is 2. The molecule has 4 rings (SSSR count). The van der Waals surface area contributed by atoms with Crippen molar-refractivity contribution in [1.82, 2.24) is 0 Å². The Morgan fingerprint density at radius 1 is 1.19 bits per heavy atom. The van der Waals surface area contributed by atoms with Gasteiger partial charge in [0.05, 0.1) is 18.4 Å². The number of ether oxygens (including phenoxy) is 1. The minimum atomic E-state index is -0.528. The number of carbonyl (C=O) groups excluding carboxylic acids is 2. The van der Waals surface area contributed by atoms with Crippen LogP contribution in [0, 0.1) is 13.8 Å². The maximum atomic E-state index is 12.5. The second-order valence-electron chi connectivity index (χ2n) is 6.88. The van der Waals surface area contributed by atoms with E-state index in [9.17, 15) is 9.59 Å². The van der Waals surface area contributed by atoms with Crippen LogP contribution in [0.4, 0.5) is 11.4 Å².